The fourth-order valence-electron chi connectivity index (χ4n) is 2.72. The normalized spacial score (nSPS) is 12.0. The summed E-state index contributed by atoms with van der Waals surface area (Å²) >= 11 is 0. The molecule has 0 saturated carbocycles. The summed E-state index contributed by atoms with van der Waals surface area (Å²) in [5.41, 5.74) is 3.82. The van der Waals surface area contributed by atoms with Crippen molar-refractivity contribution in [2.75, 3.05) is 0 Å². The average molecular weight is 332 g/mol. The molecule has 0 amide bonds. The zero-order valence-electron chi connectivity index (χ0n) is 13.8. The fourth-order valence-corrected chi connectivity index (χ4v) is 2.72. The molecule has 7 heteroatoms. The molecule has 1 aromatic carbocycles. The van der Waals surface area contributed by atoms with Crippen molar-refractivity contribution in [3.63, 3.8) is 0 Å². The van der Waals surface area contributed by atoms with E-state index in [0.29, 0.717) is 11.4 Å². The van der Waals surface area contributed by atoms with E-state index in [1.54, 1.807) is 13.3 Å². The van der Waals surface area contributed by atoms with Crippen LogP contribution in [0.1, 0.15) is 12.6 Å². The molecule has 3 aromatic heterocycles. The highest BCUT2D eigenvalue weighted by Gasteiger charge is 2.10. The predicted molar refractivity (Wildman–Crippen MR) is 95.1 cm³/mol. The van der Waals surface area contributed by atoms with Gasteiger partial charge >= 0.3 is 0 Å². The number of rotatable bonds is 3. The Morgan fingerprint density at radius 2 is 2.08 bits per heavy atom. The number of aryl methyl sites for hydroxylation is 1. The van der Waals surface area contributed by atoms with Gasteiger partial charge in [-0.25, -0.2) is 14.6 Å². The maximum Gasteiger partial charge on any atom is 0.171 e. The van der Waals surface area contributed by atoms with E-state index in [0.717, 1.165) is 28.0 Å². The van der Waals surface area contributed by atoms with Crippen molar-refractivity contribution in [2.45, 2.75) is 6.92 Å². The highest BCUT2D eigenvalue weighted by atomic mass is 16.4. The first-order valence-corrected chi connectivity index (χ1v) is 7.78. The molecule has 0 radical (unpaired) electrons. The molecule has 0 aliphatic carbocycles. The molecule has 0 bridgehead atoms. The van der Waals surface area contributed by atoms with Gasteiger partial charge in [-0.3, -0.25) is 0 Å². The van der Waals surface area contributed by atoms with E-state index in [1.165, 1.54) is 0 Å². The standard InChI is InChI=1S/C18H16N6O/c1-12(22-25)15-4-3-5-16(21-15)13-6-7-14-9-20-24(17(14)8-13)18-10-23(2)11-19-18/h3-11,25H,1-2H3. The van der Waals surface area contributed by atoms with Gasteiger partial charge in [-0.1, -0.05) is 23.4 Å². The Kier molecular flexibility index (Phi) is 3.53. The van der Waals surface area contributed by atoms with Crippen LogP contribution in [0.4, 0.5) is 0 Å². The fraction of sp³-hybridized carbons (Fsp3) is 0.111. The summed E-state index contributed by atoms with van der Waals surface area (Å²) in [6.45, 7) is 1.71. The maximum absolute atomic E-state index is 8.96. The number of aromatic nitrogens is 5. The third kappa shape index (κ3) is 2.65. The number of imidazole rings is 1. The first-order chi connectivity index (χ1) is 12.2. The topological polar surface area (TPSA) is 81.1 Å². The van der Waals surface area contributed by atoms with Crippen LogP contribution in [0.25, 0.3) is 28.0 Å². The summed E-state index contributed by atoms with van der Waals surface area (Å²) in [4.78, 5) is 8.93. The van der Waals surface area contributed by atoms with Crippen molar-refractivity contribution in [3.8, 4) is 17.1 Å². The molecule has 25 heavy (non-hydrogen) atoms. The Hall–Kier alpha value is -3.48. The Balaban J connectivity index is 1.84. The van der Waals surface area contributed by atoms with Gasteiger partial charge in [0.05, 0.1) is 29.4 Å². The number of fused-ring (bicyclic) bond motifs is 1. The first-order valence-electron chi connectivity index (χ1n) is 7.78. The van der Waals surface area contributed by atoms with Gasteiger partial charge in [-0.05, 0) is 25.1 Å². The smallest absolute Gasteiger partial charge is 0.171 e. The second kappa shape index (κ2) is 5.86. The minimum Gasteiger partial charge on any atom is -0.411 e. The van der Waals surface area contributed by atoms with E-state index >= 15 is 0 Å². The van der Waals surface area contributed by atoms with Crippen molar-refractivity contribution < 1.29 is 5.21 Å². The number of benzene rings is 1. The number of hydrogen-bond acceptors (Lipinski definition) is 5. The molecule has 0 fully saturated rings. The number of hydrogen-bond donors (Lipinski definition) is 1. The molecule has 4 aromatic rings. The molecule has 7 nitrogen and oxygen atoms in total. The molecule has 4 rings (SSSR count). The lowest BCUT2D eigenvalue weighted by molar-refractivity contribution is 0.319. The lowest BCUT2D eigenvalue weighted by Gasteiger charge is -2.05. The van der Waals surface area contributed by atoms with Gasteiger partial charge in [0.1, 0.15) is 5.71 Å². The molecule has 3 heterocycles. The van der Waals surface area contributed by atoms with Gasteiger partial charge in [-0.2, -0.15) is 5.10 Å². The third-order valence-corrected chi connectivity index (χ3v) is 4.04. The van der Waals surface area contributed by atoms with Crippen molar-refractivity contribution in [1.29, 1.82) is 0 Å². The average Bonchev–Trinajstić information content (AvgIpc) is 3.26. The third-order valence-electron chi connectivity index (χ3n) is 4.04. The highest BCUT2D eigenvalue weighted by Crippen LogP contribution is 2.25. The molecular weight excluding hydrogens is 316 g/mol. The Morgan fingerprint density at radius 1 is 1.20 bits per heavy atom. The minimum atomic E-state index is 0.474. The molecule has 0 aliphatic rings. The zero-order chi connectivity index (χ0) is 17.4. The van der Waals surface area contributed by atoms with Gasteiger partial charge in [0.2, 0.25) is 0 Å². The van der Waals surface area contributed by atoms with Crippen LogP contribution in [0.5, 0.6) is 0 Å². The van der Waals surface area contributed by atoms with Crippen LogP contribution >= 0.6 is 0 Å². The van der Waals surface area contributed by atoms with Crippen molar-refractivity contribution >= 4 is 16.6 Å². The van der Waals surface area contributed by atoms with Gasteiger partial charge < -0.3 is 9.77 Å². The molecular formula is C18H16N6O. The van der Waals surface area contributed by atoms with Crippen LogP contribution in [0, 0.1) is 0 Å². The van der Waals surface area contributed by atoms with E-state index in [4.69, 9.17) is 5.21 Å². The zero-order valence-corrected chi connectivity index (χ0v) is 13.8. The number of pyridine rings is 1. The van der Waals surface area contributed by atoms with Crippen LogP contribution in [0.15, 0.2) is 60.3 Å². The van der Waals surface area contributed by atoms with E-state index in [9.17, 15) is 0 Å². The van der Waals surface area contributed by atoms with Crippen LogP contribution in [-0.2, 0) is 7.05 Å². The summed E-state index contributed by atoms with van der Waals surface area (Å²) < 4.78 is 3.69. The van der Waals surface area contributed by atoms with Gasteiger partial charge in [0.25, 0.3) is 0 Å². The van der Waals surface area contributed by atoms with Gasteiger partial charge in [0.15, 0.2) is 5.82 Å². The van der Waals surface area contributed by atoms with Gasteiger partial charge in [0, 0.05) is 24.2 Å². The SMILES string of the molecule is CC(=NO)c1cccc(-c2ccc3cnn(-c4cn(C)cn4)c3c2)n1. The number of oxime groups is 1. The summed E-state index contributed by atoms with van der Waals surface area (Å²) in [6.07, 6.45) is 5.48. The lowest BCUT2D eigenvalue weighted by Crippen LogP contribution is -1.99. The van der Waals surface area contributed by atoms with Crippen LogP contribution in [0.2, 0.25) is 0 Å². The molecule has 124 valence electrons. The van der Waals surface area contributed by atoms with Crippen LogP contribution in [-0.4, -0.2) is 35.2 Å². The molecule has 0 spiro atoms. The maximum atomic E-state index is 8.96. The van der Waals surface area contributed by atoms with Crippen LogP contribution < -0.4 is 0 Å². The Labute approximate surface area is 143 Å². The Morgan fingerprint density at radius 3 is 2.84 bits per heavy atom. The summed E-state index contributed by atoms with van der Waals surface area (Å²) in [6, 6.07) is 11.7. The largest absolute Gasteiger partial charge is 0.411 e. The van der Waals surface area contributed by atoms with Gasteiger partial charge in [-0.15, -0.1) is 0 Å². The molecule has 0 aliphatic heterocycles. The second-order valence-corrected chi connectivity index (χ2v) is 5.82. The van der Waals surface area contributed by atoms with E-state index in [1.807, 2.05) is 65.1 Å². The van der Waals surface area contributed by atoms with E-state index < -0.39 is 0 Å². The summed E-state index contributed by atoms with van der Waals surface area (Å²) in [7, 11) is 1.92. The van der Waals surface area contributed by atoms with E-state index in [2.05, 4.69) is 20.2 Å². The van der Waals surface area contributed by atoms with Crippen molar-refractivity contribution in [2.24, 2.45) is 12.2 Å². The highest BCUT2D eigenvalue weighted by molar-refractivity contribution is 5.97. The lowest BCUT2D eigenvalue weighted by atomic mass is 10.1. The minimum absolute atomic E-state index is 0.474. The van der Waals surface area contributed by atoms with E-state index in [-0.39, 0.29) is 0 Å². The molecule has 0 unspecified atom stereocenters. The summed E-state index contributed by atoms with van der Waals surface area (Å²) in [5.74, 6) is 0.764. The number of nitrogens with zero attached hydrogens (tertiary/aromatic N) is 6. The van der Waals surface area contributed by atoms with Crippen molar-refractivity contribution in [1.82, 2.24) is 24.3 Å². The monoisotopic (exact) mass is 332 g/mol. The predicted octanol–water partition coefficient (Wildman–Crippen LogP) is 3.02. The molecule has 1 N–H and O–H groups in total. The quantitative estimate of drug-likeness (QED) is 0.355. The van der Waals surface area contributed by atoms with Crippen LogP contribution in [0.3, 0.4) is 0 Å². The molecule has 0 saturated heterocycles. The molecule has 0 atom stereocenters. The second-order valence-electron chi connectivity index (χ2n) is 5.82. The Bertz CT molecular complexity index is 1090. The summed E-state index contributed by atoms with van der Waals surface area (Å²) in [5, 5.41) is 17.6. The van der Waals surface area contributed by atoms with Crippen molar-refractivity contribution in [3.05, 3.63) is 60.8 Å². The first kappa shape index (κ1) is 15.1.